The SMILES string of the molecule is Cc1csc(-c2cc(=O)n(C)c3ncc(C(N)c4ccc(Cl)cc4)cc23)c1. The van der Waals surface area contributed by atoms with Gasteiger partial charge in [0.1, 0.15) is 5.65 Å². The van der Waals surface area contributed by atoms with Crippen LogP contribution in [0.3, 0.4) is 0 Å². The average Bonchev–Trinajstić information content (AvgIpc) is 3.10. The highest BCUT2D eigenvalue weighted by atomic mass is 35.5. The van der Waals surface area contributed by atoms with Crippen LogP contribution < -0.4 is 11.3 Å². The molecule has 27 heavy (non-hydrogen) atoms. The van der Waals surface area contributed by atoms with Gasteiger partial charge < -0.3 is 5.73 Å². The third-order valence-corrected chi connectivity index (χ3v) is 6.01. The molecule has 0 saturated heterocycles. The Kier molecular flexibility index (Phi) is 4.60. The molecule has 3 aromatic heterocycles. The molecule has 0 aliphatic carbocycles. The van der Waals surface area contributed by atoms with Gasteiger partial charge in [-0.15, -0.1) is 11.3 Å². The minimum atomic E-state index is -0.325. The van der Waals surface area contributed by atoms with Gasteiger partial charge in [0.05, 0.1) is 6.04 Å². The molecule has 0 amide bonds. The first-order valence-corrected chi connectivity index (χ1v) is 9.76. The molecule has 0 saturated carbocycles. The van der Waals surface area contributed by atoms with Gasteiger partial charge in [-0.3, -0.25) is 9.36 Å². The first kappa shape index (κ1) is 17.9. The van der Waals surface area contributed by atoms with Gasteiger partial charge in [-0.1, -0.05) is 23.7 Å². The Hall–Kier alpha value is -2.47. The lowest BCUT2D eigenvalue weighted by molar-refractivity contribution is 0.854. The highest BCUT2D eigenvalue weighted by Gasteiger charge is 2.15. The van der Waals surface area contributed by atoms with E-state index in [9.17, 15) is 4.79 Å². The maximum absolute atomic E-state index is 12.4. The zero-order valence-corrected chi connectivity index (χ0v) is 16.5. The van der Waals surface area contributed by atoms with E-state index in [0.717, 1.165) is 27.0 Å². The van der Waals surface area contributed by atoms with Crippen molar-refractivity contribution in [3.63, 3.8) is 0 Å². The van der Waals surface area contributed by atoms with Crippen molar-refractivity contribution in [2.45, 2.75) is 13.0 Å². The van der Waals surface area contributed by atoms with Crippen molar-refractivity contribution < 1.29 is 0 Å². The Labute approximate surface area is 165 Å². The molecule has 0 radical (unpaired) electrons. The van der Waals surface area contributed by atoms with Crippen molar-refractivity contribution in [2.75, 3.05) is 0 Å². The Morgan fingerprint density at radius 3 is 2.56 bits per heavy atom. The molecular weight excluding hydrogens is 378 g/mol. The molecule has 3 heterocycles. The van der Waals surface area contributed by atoms with Gasteiger partial charge in [0.15, 0.2) is 0 Å². The molecule has 4 rings (SSSR count). The molecule has 0 bridgehead atoms. The van der Waals surface area contributed by atoms with Crippen molar-refractivity contribution in [3.8, 4) is 10.4 Å². The zero-order chi connectivity index (χ0) is 19.1. The van der Waals surface area contributed by atoms with Crippen molar-refractivity contribution in [3.05, 3.63) is 86.1 Å². The smallest absolute Gasteiger partial charge is 0.252 e. The lowest BCUT2D eigenvalue weighted by Crippen LogP contribution is -2.18. The summed E-state index contributed by atoms with van der Waals surface area (Å²) >= 11 is 7.60. The molecule has 1 aromatic carbocycles. The Bertz CT molecular complexity index is 1190. The predicted molar refractivity (Wildman–Crippen MR) is 113 cm³/mol. The second kappa shape index (κ2) is 6.93. The van der Waals surface area contributed by atoms with E-state index in [0.29, 0.717) is 10.7 Å². The summed E-state index contributed by atoms with van der Waals surface area (Å²) < 4.78 is 1.57. The van der Waals surface area contributed by atoms with Gasteiger partial charge in [0.25, 0.3) is 5.56 Å². The quantitative estimate of drug-likeness (QED) is 0.548. The Balaban J connectivity index is 1.91. The highest BCUT2D eigenvalue weighted by molar-refractivity contribution is 7.13. The lowest BCUT2D eigenvalue weighted by Gasteiger charge is -2.15. The number of benzene rings is 1. The Morgan fingerprint density at radius 2 is 1.89 bits per heavy atom. The van der Waals surface area contributed by atoms with Gasteiger partial charge in [0, 0.05) is 40.2 Å². The number of nitrogens with zero attached hydrogens (tertiary/aromatic N) is 2. The molecule has 4 nitrogen and oxygen atoms in total. The number of hydrogen-bond acceptors (Lipinski definition) is 4. The second-order valence-electron chi connectivity index (χ2n) is 6.61. The van der Waals surface area contributed by atoms with Crippen LogP contribution in [-0.2, 0) is 7.05 Å². The third kappa shape index (κ3) is 3.30. The molecule has 6 heteroatoms. The fraction of sp³-hybridized carbons (Fsp3) is 0.143. The number of thiophene rings is 1. The van der Waals surface area contributed by atoms with E-state index in [1.54, 1.807) is 35.2 Å². The summed E-state index contributed by atoms with van der Waals surface area (Å²) in [6, 6.07) is 13.0. The standard InChI is InChI=1S/C21H18ClN3OS/c1-12-7-18(27-11-12)16-9-19(26)25(2)21-17(16)8-14(10-24-21)20(23)13-3-5-15(22)6-4-13/h3-11,20H,23H2,1-2H3. The first-order chi connectivity index (χ1) is 12.9. The topological polar surface area (TPSA) is 60.9 Å². The minimum absolute atomic E-state index is 0.0780. The van der Waals surface area contributed by atoms with Crippen LogP contribution in [0.1, 0.15) is 22.7 Å². The summed E-state index contributed by atoms with van der Waals surface area (Å²) in [4.78, 5) is 18.0. The summed E-state index contributed by atoms with van der Waals surface area (Å²) in [5.41, 5.74) is 10.9. The number of rotatable bonds is 3. The summed E-state index contributed by atoms with van der Waals surface area (Å²) in [6.45, 7) is 2.05. The summed E-state index contributed by atoms with van der Waals surface area (Å²) in [7, 11) is 1.74. The van der Waals surface area contributed by atoms with Crippen LogP contribution in [0.15, 0.2) is 58.8 Å². The average molecular weight is 396 g/mol. The number of fused-ring (bicyclic) bond motifs is 1. The monoisotopic (exact) mass is 395 g/mol. The van der Waals surface area contributed by atoms with E-state index >= 15 is 0 Å². The van der Waals surface area contributed by atoms with Gasteiger partial charge in [-0.2, -0.15) is 0 Å². The maximum atomic E-state index is 12.4. The van der Waals surface area contributed by atoms with E-state index in [1.165, 1.54) is 5.56 Å². The highest BCUT2D eigenvalue weighted by Crippen LogP contribution is 2.33. The number of aromatic nitrogens is 2. The maximum Gasteiger partial charge on any atom is 0.252 e. The number of halogens is 1. The first-order valence-electron chi connectivity index (χ1n) is 8.50. The van der Waals surface area contributed by atoms with Gasteiger partial charge in [-0.25, -0.2) is 4.98 Å². The van der Waals surface area contributed by atoms with E-state index in [1.807, 2.05) is 37.3 Å². The van der Waals surface area contributed by atoms with E-state index in [4.69, 9.17) is 17.3 Å². The molecule has 136 valence electrons. The largest absolute Gasteiger partial charge is 0.320 e. The molecule has 2 N–H and O–H groups in total. The van der Waals surface area contributed by atoms with Crippen LogP contribution in [0.5, 0.6) is 0 Å². The van der Waals surface area contributed by atoms with E-state index in [-0.39, 0.29) is 11.6 Å². The molecule has 0 fully saturated rings. The van der Waals surface area contributed by atoms with Crippen molar-refractivity contribution >= 4 is 34.0 Å². The third-order valence-electron chi connectivity index (χ3n) is 4.68. The molecule has 0 aliphatic rings. The van der Waals surface area contributed by atoms with Crippen molar-refractivity contribution in [1.29, 1.82) is 0 Å². The molecule has 1 unspecified atom stereocenters. The van der Waals surface area contributed by atoms with Crippen molar-refractivity contribution in [1.82, 2.24) is 9.55 Å². The van der Waals surface area contributed by atoms with Crippen LogP contribution in [0.4, 0.5) is 0 Å². The van der Waals surface area contributed by atoms with Gasteiger partial charge in [-0.05, 0) is 53.3 Å². The molecular formula is C21H18ClN3OS. The van der Waals surface area contributed by atoms with E-state index < -0.39 is 0 Å². The number of pyridine rings is 2. The lowest BCUT2D eigenvalue weighted by atomic mass is 9.99. The number of nitrogens with two attached hydrogens (primary N) is 1. The molecule has 4 aromatic rings. The molecule has 1 atom stereocenters. The summed E-state index contributed by atoms with van der Waals surface area (Å²) in [5.74, 6) is 0. The van der Waals surface area contributed by atoms with Crippen LogP contribution >= 0.6 is 22.9 Å². The van der Waals surface area contributed by atoms with Crippen LogP contribution in [0.25, 0.3) is 21.5 Å². The summed E-state index contributed by atoms with van der Waals surface area (Å²) in [6.07, 6.45) is 1.74. The number of hydrogen-bond donors (Lipinski definition) is 1. The van der Waals surface area contributed by atoms with Crippen LogP contribution in [0, 0.1) is 6.92 Å². The minimum Gasteiger partial charge on any atom is -0.320 e. The molecule has 0 aliphatic heterocycles. The fourth-order valence-corrected chi connectivity index (χ4v) is 4.21. The second-order valence-corrected chi connectivity index (χ2v) is 7.96. The Morgan fingerprint density at radius 1 is 1.15 bits per heavy atom. The predicted octanol–water partition coefficient (Wildman–Crippen LogP) is 4.67. The van der Waals surface area contributed by atoms with Gasteiger partial charge in [0.2, 0.25) is 0 Å². The zero-order valence-electron chi connectivity index (χ0n) is 14.9. The van der Waals surface area contributed by atoms with Crippen LogP contribution in [-0.4, -0.2) is 9.55 Å². The van der Waals surface area contributed by atoms with E-state index in [2.05, 4.69) is 16.4 Å². The van der Waals surface area contributed by atoms with Crippen LogP contribution in [0.2, 0.25) is 5.02 Å². The van der Waals surface area contributed by atoms with Gasteiger partial charge >= 0.3 is 0 Å². The summed E-state index contributed by atoms with van der Waals surface area (Å²) in [5, 5.41) is 3.67. The van der Waals surface area contributed by atoms with Crippen molar-refractivity contribution in [2.24, 2.45) is 12.8 Å². The number of aryl methyl sites for hydroxylation is 2. The fourth-order valence-electron chi connectivity index (χ4n) is 3.15. The molecule has 0 spiro atoms. The normalized spacial score (nSPS) is 12.4.